The van der Waals surface area contributed by atoms with Crippen molar-refractivity contribution in [1.82, 2.24) is 5.32 Å². The van der Waals surface area contributed by atoms with E-state index in [1.54, 1.807) is 0 Å². The lowest BCUT2D eigenvalue weighted by atomic mass is 9.97. The van der Waals surface area contributed by atoms with Gasteiger partial charge >= 0.3 is 0 Å². The van der Waals surface area contributed by atoms with Crippen LogP contribution >= 0.6 is 0 Å². The maximum Gasteiger partial charge on any atom is 0.119 e. The van der Waals surface area contributed by atoms with Crippen molar-refractivity contribution < 1.29 is 4.74 Å². The summed E-state index contributed by atoms with van der Waals surface area (Å²) in [7, 11) is 0. The van der Waals surface area contributed by atoms with Crippen LogP contribution in [-0.2, 0) is 0 Å². The van der Waals surface area contributed by atoms with E-state index < -0.39 is 0 Å². The number of para-hydroxylation sites is 1. The van der Waals surface area contributed by atoms with Gasteiger partial charge in [-0.3, -0.25) is 0 Å². The number of benzene rings is 1. The van der Waals surface area contributed by atoms with E-state index in [9.17, 15) is 0 Å². The van der Waals surface area contributed by atoms with Gasteiger partial charge in [0.1, 0.15) is 5.75 Å². The Morgan fingerprint density at radius 1 is 1.27 bits per heavy atom. The van der Waals surface area contributed by atoms with E-state index in [1.165, 1.54) is 25.8 Å². The fourth-order valence-corrected chi connectivity index (χ4v) is 2.03. The summed E-state index contributed by atoms with van der Waals surface area (Å²) in [6, 6.07) is 10.1. The Morgan fingerprint density at radius 3 is 2.87 bits per heavy atom. The Balaban J connectivity index is 1.66. The molecule has 2 heteroatoms. The molecule has 0 unspecified atom stereocenters. The molecule has 0 aromatic heterocycles. The first-order chi connectivity index (χ1) is 7.45. The SMILES string of the molecule is c1ccc(OCC[C@H]2CCCNC2)cc1. The van der Waals surface area contributed by atoms with Crippen molar-refractivity contribution in [1.29, 1.82) is 0 Å². The van der Waals surface area contributed by atoms with E-state index in [0.29, 0.717) is 0 Å². The van der Waals surface area contributed by atoms with Gasteiger partial charge < -0.3 is 10.1 Å². The highest BCUT2D eigenvalue weighted by molar-refractivity contribution is 5.20. The van der Waals surface area contributed by atoms with Crippen LogP contribution in [-0.4, -0.2) is 19.7 Å². The van der Waals surface area contributed by atoms with E-state index in [2.05, 4.69) is 5.32 Å². The topological polar surface area (TPSA) is 21.3 Å². The van der Waals surface area contributed by atoms with Crippen molar-refractivity contribution in [3.63, 3.8) is 0 Å². The zero-order chi connectivity index (χ0) is 10.3. The van der Waals surface area contributed by atoms with Gasteiger partial charge in [-0.25, -0.2) is 0 Å². The summed E-state index contributed by atoms with van der Waals surface area (Å²) in [5, 5.41) is 3.43. The molecule has 0 saturated carbocycles. The van der Waals surface area contributed by atoms with Gasteiger partial charge in [0.05, 0.1) is 6.61 Å². The lowest BCUT2D eigenvalue weighted by Crippen LogP contribution is -2.30. The Kier molecular flexibility index (Phi) is 4.03. The minimum absolute atomic E-state index is 0.808. The smallest absolute Gasteiger partial charge is 0.119 e. The second-order valence-electron chi connectivity index (χ2n) is 4.16. The number of piperidine rings is 1. The number of ether oxygens (including phenoxy) is 1. The van der Waals surface area contributed by atoms with Crippen LogP contribution < -0.4 is 10.1 Å². The highest BCUT2D eigenvalue weighted by Crippen LogP contribution is 2.15. The van der Waals surface area contributed by atoms with E-state index in [-0.39, 0.29) is 0 Å². The van der Waals surface area contributed by atoms with Gasteiger partial charge in [0.2, 0.25) is 0 Å². The predicted molar refractivity (Wildman–Crippen MR) is 62.1 cm³/mol. The van der Waals surface area contributed by atoms with Gasteiger partial charge in [-0.05, 0) is 50.4 Å². The molecule has 1 aliphatic heterocycles. The summed E-state index contributed by atoms with van der Waals surface area (Å²) in [6.07, 6.45) is 3.84. The van der Waals surface area contributed by atoms with Crippen LogP contribution in [0.4, 0.5) is 0 Å². The quantitative estimate of drug-likeness (QED) is 0.815. The minimum Gasteiger partial charge on any atom is -0.494 e. The average molecular weight is 205 g/mol. The molecule has 1 aromatic carbocycles. The van der Waals surface area contributed by atoms with Crippen molar-refractivity contribution in [2.75, 3.05) is 19.7 Å². The van der Waals surface area contributed by atoms with Gasteiger partial charge in [-0.15, -0.1) is 0 Å². The van der Waals surface area contributed by atoms with E-state index >= 15 is 0 Å². The minimum atomic E-state index is 0.808. The summed E-state index contributed by atoms with van der Waals surface area (Å²) in [5.41, 5.74) is 0. The summed E-state index contributed by atoms with van der Waals surface area (Å²) >= 11 is 0. The second kappa shape index (κ2) is 5.76. The van der Waals surface area contributed by atoms with Crippen molar-refractivity contribution >= 4 is 0 Å². The summed E-state index contributed by atoms with van der Waals surface area (Å²) in [5.74, 6) is 1.80. The van der Waals surface area contributed by atoms with Crippen LogP contribution in [0.1, 0.15) is 19.3 Å². The highest BCUT2D eigenvalue weighted by atomic mass is 16.5. The van der Waals surface area contributed by atoms with Gasteiger partial charge in [-0.1, -0.05) is 18.2 Å². The van der Waals surface area contributed by atoms with Crippen molar-refractivity contribution in [2.24, 2.45) is 5.92 Å². The molecule has 1 atom stereocenters. The molecule has 0 bridgehead atoms. The number of nitrogens with one attached hydrogen (secondary N) is 1. The molecule has 0 spiro atoms. The molecule has 0 amide bonds. The van der Waals surface area contributed by atoms with Crippen LogP contribution in [0.2, 0.25) is 0 Å². The molecule has 15 heavy (non-hydrogen) atoms. The monoisotopic (exact) mass is 205 g/mol. The molecular weight excluding hydrogens is 186 g/mol. The third kappa shape index (κ3) is 3.56. The molecule has 82 valence electrons. The lowest BCUT2D eigenvalue weighted by molar-refractivity contribution is 0.254. The number of rotatable bonds is 4. The average Bonchev–Trinajstić information content (AvgIpc) is 2.32. The Morgan fingerprint density at radius 2 is 2.13 bits per heavy atom. The van der Waals surface area contributed by atoms with Gasteiger partial charge in [0, 0.05) is 0 Å². The van der Waals surface area contributed by atoms with E-state index in [1.807, 2.05) is 30.3 Å². The fourth-order valence-electron chi connectivity index (χ4n) is 2.03. The molecule has 1 aromatic rings. The summed E-state index contributed by atoms with van der Waals surface area (Å²) in [4.78, 5) is 0. The molecule has 2 rings (SSSR count). The number of hydrogen-bond donors (Lipinski definition) is 1. The zero-order valence-corrected chi connectivity index (χ0v) is 9.11. The molecule has 1 N–H and O–H groups in total. The van der Waals surface area contributed by atoms with Crippen LogP contribution in [0, 0.1) is 5.92 Å². The summed E-state index contributed by atoms with van der Waals surface area (Å²) in [6.45, 7) is 3.20. The molecule has 1 fully saturated rings. The van der Waals surface area contributed by atoms with Gasteiger partial charge in [0.25, 0.3) is 0 Å². The van der Waals surface area contributed by atoms with Crippen molar-refractivity contribution in [3.8, 4) is 5.75 Å². The normalized spacial score (nSPS) is 21.2. The first-order valence-electron chi connectivity index (χ1n) is 5.84. The van der Waals surface area contributed by atoms with E-state index in [4.69, 9.17) is 4.74 Å². The third-order valence-electron chi connectivity index (χ3n) is 2.94. The third-order valence-corrected chi connectivity index (χ3v) is 2.94. The van der Waals surface area contributed by atoms with Crippen molar-refractivity contribution in [2.45, 2.75) is 19.3 Å². The molecule has 2 nitrogen and oxygen atoms in total. The first-order valence-corrected chi connectivity index (χ1v) is 5.84. The fraction of sp³-hybridized carbons (Fsp3) is 0.538. The standard InChI is InChI=1S/C13H19NO/c1-2-6-13(7-3-1)15-10-8-12-5-4-9-14-11-12/h1-3,6-7,12,14H,4-5,8-11H2/t12-/m1/s1. The second-order valence-corrected chi connectivity index (χ2v) is 4.16. The van der Waals surface area contributed by atoms with Crippen LogP contribution in [0.5, 0.6) is 5.75 Å². The van der Waals surface area contributed by atoms with E-state index in [0.717, 1.165) is 24.8 Å². The highest BCUT2D eigenvalue weighted by Gasteiger charge is 2.12. The zero-order valence-electron chi connectivity index (χ0n) is 9.11. The lowest BCUT2D eigenvalue weighted by Gasteiger charge is -2.22. The molecule has 1 heterocycles. The Hall–Kier alpha value is -1.02. The Bertz CT molecular complexity index is 267. The number of hydrogen-bond acceptors (Lipinski definition) is 2. The summed E-state index contributed by atoms with van der Waals surface area (Å²) < 4.78 is 5.68. The van der Waals surface area contributed by atoms with Crippen LogP contribution in [0.3, 0.4) is 0 Å². The molecule has 0 radical (unpaired) electrons. The van der Waals surface area contributed by atoms with Crippen LogP contribution in [0.25, 0.3) is 0 Å². The van der Waals surface area contributed by atoms with Crippen molar-refractivity contribution in [3.05, 3.63) is 30.3 Å². The maximum absolute atomic E-state index is 5.68. The molecule has 0 aliphatic carbocycles. The van der Waals surface area contributed by atoms with Gasteiger partial charge in [0.15, 0.2) is 0 Å². The molecule has 1 aliphatic rings. The van der Waals surface area contributed by atoms with Gasteiger partial charge in [-0.2, -0.15) is 0 Å². The first kappa shape index (κ1) is 10.5. The Labute approximate surface area is 91.6 Å². The molecule has 1 saturated heterocycles. The maximum atomic E-state index is 5.68. The van der Waals surface area contributed by atoms with Crippen LogP contribution in [0.15, 0.2) is 30.3 Å². The predicted octanol–water partition coefficient (Wildman–Crippen LogP) is 2.46. The molecular formula is C13H19NO. The largest absolute Gasteiger partial charge is 0.494 e.